The number of methoxy groups -OCH3 is 1. The van der Waals surface area contributed by atoms with Crippen LogP contribution in [0.3, 0.4) is 0 Å². The molecule has 0 saturated heterocycles. The second kappa shape index (κ2) is 5.78. The zero-order valence-electron chi connectivity index (χ0n) is 10.1. The average molecular weight is 308 g/mol. The van der Waals surface area contributed by atoms with Gasteiger partial charge in [-0.3, -0.25) is 0 Å². The smallest absolute Gasteiger partial charge is 0.150 e. The van der Waals surface area contributed by atoms with Crippen LogP contribution < -0.4 is 5.32 Å². The SMILES string of the molecule is COC(C)(C)CCNc1c(F)cc(F)cc1Br. The molecule has 0 aliphatic carbocycles. The Morgan fingerprint density at radius 1 is 1.35 bits per heavy atom. The van der Waals surface area contributed by atoms with Gasteiger partial charge in [0.05, 0.1) is 11.3 Å². The summed E-state index contributed by atoms with van der Waals surface area (Å²) >= 11 is 3.12. The molecule has 0 unspecified atom stereocenters. The molecule has 17 heavy (non-hydrogen) atoms. The summed E-state index contributed by atoms with van der Waals surface area (Å²) in [5.41, 5.74) is 0.00833. The van der Waals surface area contributed by atoms with Crippen LogP contribution in [0.5, 0.6) is 0 Å². The predicted molar refractivity (Wildman–Crippen MR) is 68.3 cm³/mol. The first-order valence-corrected chi connectivity index (χ1v) is 6.08. The Balaban J connectivity index is 2.64. The first-order chi connectivity index (χ1) is 7.85. The topological polar surface area (TPSA) is 21.3 Å². The van der Waals surface area contributed by atoms with Crippen molar-refractivity contribution in [3.05, 3.63) is 28.2 Å². The summed E-state index contributed by atoms with van der Waals surface area (Å²) in [5, 5.41) is 2.93. The van der Waals surface area contributed by atoms with Gasteiger partial charge in [0, 0.05) is 24.2 Å². The van der Waals surface area contributed by atoms with E-state index in [2.05, 4.69) is 21.2 Å². The Kier molecular flexibility index (Phi) is 4.89. The third-order valence-corrected chi connectivity index (χ3v) is 3.21. The molecule has 0 amide bonds. The zero-order chi connectivity index (χ0) is 13.1. The molecule has 0 aliphatic heterocycles. The van der Waals surface area contributed by atoms with Crippen LogP contribution in [0.25, 0.3) is 0 Å². The molecule has 0 radical (unpaired) electrons. The van der Waals surface area contributed by atoms with E-state index >= 15 is 0 Å². The van der Waals surface area contributed by atoms with Gasteiger partial charge in [-0.2, -0.15) is 0 Å². The van der Waals surface area contributed by atoms with Gasteiger partial charge in [0.1, 0.15) is 11.6 Å². The second-order valence-corrected chi connectivity index (χ2v) is 5.24. The Morgan fingerprint density at radius 2 is 2.00 bits per heavy atom. The summed E-state index contributed by atoms with van der Waals surface area (Å²) in [6, 6.07) is 2.08. The van der Waals surface area contributed by atoms with Crippen LogP contribution in [0.4, 0.5) is 14.5 Å². The van der Waals surface area contributed by atoms with Gasteiger partial charge in [0.15, 0.2) is 0 Å². The molecule has 1 aromatic rings. The summed E-state index contributed by atoms with van der Waals surface area (Å²) in [7, 11) is 1.63. The van der Waals surface area contributed by atoms with Gasteiger partial charge < -0.3 is 10.1 Å². The summed E-state index contributed by atoms with van der Waals surface area (Å²) in [5.74, 6) is -1.20. The highest BCUT2D eigenvalue weighted by Crippen LogP contribution is 2.27. The number of ether oxygens (including phenoxy) is 1. The highest BCUT2D eigenvalue weighted by atomic mass is 79.9. The van der Waals surface area contributed by atoms with Crippen molar-refractivity contribution in [3.8, 4) is 0 Å². The standard InChI is InChI=1S/C12H16BrF2NO/c1-12(2,17-3)4-5-16-11-9(13)6-8(14)7-10(11)15/h6-7,16H,4-5H2,1-3H3. The lowest BCUT2D eigenvalue weighted by Crippen LogP contribution is -2.26. The molecule has 0 spiro atoms. The normalized spacial score (nSPS) is 11.6. The second-order valence-electron chi connectivity index (χ2n) is 4.39. The molecule has 0 aliphatic rings. The minimum absolute atomic E-state index is 0.268. The van der Waals surface area contributed by atoms with E-state index in [1.165, 1.54) is 6.07 Å². The van der Waals surface area contributed by atoms with E-state index < -0.39 is 11.6 Å². The monoisotopic (exact) mass is 307 g/mol. The van der Waals surface area contributed by atoms with Crippen molar-refractivity contribution < 1.29 is 13.5 Å². The lowest BCUT2D eigenvalue weighted by Gasteiger charge is -2.23. The van der Waals surface area contributed by atoms with Crippen LogP contribution in [0, 0.1) is 11.6 Å². The van der Waals surface area contributed by atoms with Gasteiger partial charge in [-0.25, -0.2) is 8.78 Å². The van der Waals surface area contributed by atoms with Crippen LogP contribution in [-0.2, 0) is 4.74 Å². The fraction of sp³-hybridized carbons (Fsp3) is 0.500. The lowest BCUT2D eigenvalue weighted by atomic mass is 10.1. The Hall–Kier alpha value is -0.680. The molecule has 0 bridgehead atoms. The van der Waals surface area contributed by atoms with Crippen molar-refractivity contribution in [2.24, 2.45) is 0 Å². The van der Waals surface area contributed by atoms with Crippen LogP contribution in [0.2, 0.25) is 0 Å². The largest absolute Gasteiger partial charge is 0.382 e. The van der Waals surface area contributed by atoms with E-state index in [1.54, 1.807) is 7.11 Å². The van der Waals surface area contributed by atoms with Crippen molar-refractivity contribution in [2.75, 3.05) is 19.0 Å². The van der Waals surface area contributed by atoms with Gasteiger partial charge in [-0.15, -0.1) is 0 Å². The first kappa shape index (κ1) is 14.4. The Labute approximate surface area is 108 Å². The summed E-state index contributed by atoms with van der Waals surface area (Å²) < 4.78 is 31.9. The molecule has 0 atom stereocenters. The number of nitrogens with one attached hydrogen (secondary N) is 1. The minimum atomic E-state index is -0.605. The van der Waals surface area contributed by atoms with Crippen LogP contribution in [0.1, 0.15) is 20.3 Å². The minimum Gasteiger partial charge on any atom is -0.382 e. The molecule has 0 aromatic heterocycles. The van der Waals surface area contributed by atoms with E-state index in [0.717, 1.165) is 6.07 Å². The molecule has 0 saturated carbocycles. The van der Waals surface area contributed by atoms with E-state index in [0.29, 0.717) is 17.4 Å². The molecule has 5 heteroatoms. The fourth-order valence-corrected chi connectivity index (χ4v) is 1.85. The predicted octanol–water partition coefficient (Wildman–Crippen LogP) is 3.95. The third kappa shape index (κ3) is 4.24. The maximum absolute atomic E-state index is 13.4. The van der Waals surface area contributed by atoms with Crippen molar-refractivity contribution in [1.82, 2.24) is 0 Å². The third-order valence-electron chi connectivity index (χ3n) is 2.59. The molecular formula is C12H16BrF2NO. The summed E-state index contributed by atoms with van der Waals surface area (Å²) in [4.78, 5) is 0. The Bertz CT molecular complexity index is 373. The van der Waals surface area contributed by atoms with Gasteiger partial charge >= 0.3 is 0 Å². The van der Waals surface area contributed by atoms with E-state index in [9.17, 15) is 8.78 Å². The van der Waals surface area contributed by atoms with Gasteiger partial charge in [0.25, 0.3) is 0 Å². The van der Waals surface area contributed by atoms with Crippen molar-refractivity contribution in [1.29, 1.82) is 0 Å². The maximum atomic E-state index is 13.4. The van der Waals surface area contributed by atoms with Crippen molar-refractivity contribution in [3.63, 3.8) is 0 Å². The molecular weight excluding hydrogens is 292 g/mol. The average Bonchev–Trinajstić information content (AvgIpc) is 2.22. The number of hydrogen-bond acceptors (Lipinski definition) is 2. The maximum Gasteiger partial charge on any atom is 0.150 e. The number of benzene rings is 1. The molecule has 1 rings (SSSR count). The molecule has 1 N–H and O–H groups in total. The number of anilines is 1. The van der Waals surface area contributed by atoms with Crippen molar-refractivity contribution in [2.45, 2.75) is 25.9 Å². The molecule has 2 nitrogen and oxygen atoms in total. The lowest BCUT2D eigenvalue weighted by molar-refractivity contribution is 0.0184. The Morgan fingerprint density at radius 3 is 2.53 bits per heavy atom. The molecule has 0 fully saturated rings. The number of rotatable bonds is 5. The van der Waals surface area contributed by atoms with Gasteiger partial charge in [-0.05, 0) is 42.3 Å². The summed E-state index contributed by atoms with van der Waals surface area (Å²) in [6.07, 6.45) is 0.715. The van der Waals surface area contributed by atoms with E-state index in [-0.39, 0.29) is 11.3 Å². The van der Waals surface area contributed by atoms with Gasteiger partial charge in [0.2, 0.25) is 0 Å². The highest BCUT2D eigenvalue weighted by molar-refractivity contribution is 9.10. The quantitative estimate of drug-likeness (QED) is 0.889. The molecule has 0 heterocycles. The van der Waals surface area contributed by atoms with Crippen LogP contribution in [-0.4, -0.2) is 19.3 Å². The summed E-state index contributed by atoms with van der Waals surface area (Å²) in [6.45, 7) is 4.44. The van der Waals surface area contributed by atoms with Gasteiger partial charge in [-0.1, -0.05) is 0 Å². The van der Waals surface area contributed by atoms with E-state index in [4.69, 9.17) is 4.74 Å². The number of halogens is 3. The highest BCUT2D eigenvalue weighted by Gasteiger charge is 2.16. The number of hydrogen-bond donors (Lipinski definition) is 1. The molecule has 1 aromatic carbocycles. The van der Waals surface area contributed by atoms with Crippen LogP contribution in [0.15, 0.2) is 16.6 Å². The first-order valence-electron chi connectivity index (χ1n) is 5.29. The van der Waals surface area contributed by atoms with E-state index in [1.807, 2.05) is 13.8 Å². The van der Waals surface area contributed by atoms with Crippen molar-refractivity contribution >= 4 is 21.6 Å². The fourth-order valence-electron chi connectivity index (χ4n) is 1.30. The molecule has 96 valence electrons. The zero-order valence-corrected chi connectivity index (χ0v) is 11.7. The van der Waals surface area contributed by atoms with Crippen LogP contribution >= 0.6 is 15.9 Å².